The summed E-state index contributed by atoms with van der Waals surface area (Å²) in [7, 11) is 0. The fraction of sp³-hybridized carbons (Fsp3) is 0.429. The predicted molar refractivity (Wildman–Crippen MR) is 70.6 cm³/mol. The first-order valence-corrected chi connectivity index (χ1v) is 6.48. The molecule has 0 amide bonds. The minimum Gasteiger partial charge on any atom is -0.342 e. The molecular weight excluding hydrogens is 228 g/mol. The van der Waals surface area contributed by atoms with Crippen LogP contribution in [0.1, 0.15) is 25.7 Å². The lowest BCUT2D eigenvalue weighted by molar-refractivity contribution is -0.383. The van der Waals surface area contributed by atoms with Crippen LogP contribution in [0.5, 0.6) is 0 Å². The molecule has 0 N–H and O–H groups in total. The van der Waals surface area contributed by atoms with Gasteiger partial charge in [-0.3, -0.25) is 10.1 Å². The molecule has 4 nitrogen and oxygen atoms in total. The zero-order valence-corrected chi connectivity index (χ0v) is 10.2. The van der Waals surface area contributed by atoms with Crippen LogP contribution in [0.15, 0.2) is 30.5 Å². The van der Waals surface area contributed by atoms with Gasteiger partial charge in [-0.15, -0.1) is 0 Å². The molecule has 0 aliphatic heterocycles. The van der Waals surface area contributed by atoms with Crippen LogP contribution in [0, 0.1) is 16.0 Å². The van der Waals surface area contributed by atoms with Crippen LogP contribution < -0.4 is 0 Å². The van der Waals surface area contributed by atoms with E-state index in [1.807, 2.05) is 18.3 Å². The van der Waals surface area contributed by atoms with E-state index in [9.17, 15) is 10.1 Å². The van der Waals surface area contributed by atoms with Gasteiger partial charge in [0.25, 0.3) is 5.69 Å². The van der Waals surface area contributed by atoms with E-state index in [-0.39, 0.29) is 10.6 Å². The number of non-ortho nitro benzene ring substituents is 1. The summed E-state index contributed by atoms with van der Waals surface area (Å²) in [5, 5.41) is 12.1. The Hall–Kier alpha value is -1.84. The molecule has 94 valence electrons. The fourth-order valence-electron chi connectivity index (χ4n) is 3.01. The normalized spacial score (nSPS) is 16.4. The highest BCUT2D eigenvalue weighted by atomic mass is 16.6. The van der Waals surface area contributed by atoms with Crippen LogP contribution in [0.25, 0.3) is 10.9 Å². The molecule has 4 heteroatoms. The van der Waals surface area contributed by atoms with Crippen LogP contribution in [0.4, 0.5) is 5.69 Å². The van der Waals surface area contributed by atoms with Gasteiger partial charge >= 0.3 is 0 Å². The van der Waals surface area contributed by atoms with Crippen molar-refractivity contribution in [1.29, 1.82) is 0 Å². The standard InChI is InChI=1S/C14H16N2O2/c17-16(18)13-7-3-6-12-8-9-15(14(12)13)10-11-4-1-2-5-11/h3,6-9,11H,1-2,4-5,10H2. The fourth-order valence-corrected chi connectivity index (χ4v) is 3.01. The van der Waals surface area contributed by atoms with Crippen LogP contribution >= 0.6 is 0 Å². The van der Waals surface area contributed by atoms with Crippen molar-refractivity contribution < 1.29 is 4.92 Å². The molecule has 2 aromatic rings. The zero-order valence-electron chi connectivity index (χ0n) is 10.2. The number of aromatic nitrogens is 1. The minimum absolute atomic E-state index is 0.218. The van der Waals surface area contributed by atoms with E-state index in [4.69, 9.17) is 0 Å². The summed E-state index contributed by atoms with van der Waals surface area (Å²) >= 11 is 0. The third kappa shape index (κ3) is 1.88. The van der Waals surface area contributed by atoms with Crippen LogP contribution in [-0.2, 0) is 6.54 Å². The number of nitrogens with zero attached hydrogens (tertiary/aromatic N) is 2. The summed E-state index contributed by atoms with van der Waals surface area (Å²) < 4.78 is 2.06. The molecule has 1 aromatic carbocycles. The molecule has 1 heterocycles. The van der Waals surface area contributed by atoms with Crippen molar-refractivity contribution in [3.8, 4) is 0 Å². The average Bonchev–Trinajstić information content (AvgIpc) is 2.99. The van der Waals surface area contributed by atoms with Gasteiger partial charge in [-0.05, 0) is 24.8 Å². The average molecular weight is 244 g/mol. The molecule has 1 aromatic heterocycles. The Bertz CT molecular complexity index is 582. The highest BCUT2D eigenvalue weighted by Gasteiger charge is 2.19. The van der Waals surface area contributed by atoms with E-state index in [2.05, 4.69) is 4.57 Å². The van der Waals surface area contributed by atoms with Crippen molar-refractivity contribution in [3.63, 3.8) is 0 Å². The van der Waals surface area contributed by atoms with Gasteiger partial charge in [-0.25, -0.2) is 0 Å². The lowest BCUT2D eigenvalue weighted by atomic mass is 10.1. The Morgan fingerprint density at radius 3 is 2.78 bits per heavy atom. The maximum absolute atomic E-state index is 11.1. The molecule has 0 atom stereocenters. The maximum atomic E-state index is 11.1. The number of benzene rings is 1. The van der Waals surface area contributed by atoms with Crippen molar-refractivity contribution >= 4 is 16.6 Å². The van der Waals surface area contributed by atoms with Crippen molar-refractivity contribution in [2.45, 2.75) is 32.2 Å². The lowest BCUT2D eigenvalue weighted by Gasteiger charge is -2.11. The number of nitro groups is 1. The SMILES string of the molecule is O=[N+]([O-])c1cccc2ccn(CC3CCCC3)c12. The van der Waals surface area contributed by atoms with E-state index < -0.39 is 0 Å². The van der Waals surface area contributed by atoms with Crippen LogP contribution in [-0.4, -0.2) is 9.49 Å². The summed E-state index contributed by atoms with van der Waals surface area (Å²) in [6.45, 7) is 0.911. The third-order valence-electron chi connectivity index (χ3n) is 3.89. The second-order valence-electron chi connectivity index (χ2n) is 5.09. The number of hydrogen-bond acceptors (Lipinski definition) is 2. The van der Waals surface area contributed by atoms with E-state index in [0.29, 0.717) is 5.92 Å². The van der Waals surface area contributed by atoms with Gasteiger partial charge in [-0.2, -0.15) is 0 Å². The summed E-state index contributed by atoms with van der Waals surface area (Å²) in [6, 6.07) is 7.25. The first-order valence-electron chi connectivity index (χ1n) is 6.48. The minimum atomic E-state index is -0.284. The Morgan fingerprint density at radius 1 is 1.28 bits per heavy atom. The van der Waals surface area contributed by atoms with E-state index in [0.717, 1.165) is 17.4 Å². The number of para-hydroxylation sites is 1. The highest BCUT2D eigenvalue weighted by Crippen LogP contribution is 2.31. The zero-order chi connectivity index (χ0) is 12.5. The predicted octanol–water partition coefficient (Wildman–Crippen LogP) is 3.74. The smallest absolute Gasteiger partial charge is 0.293 e. The van der Waals surface area contributed by atoms with Gasteiger partial charge < -0.3 is 4.57 Å². The molecular formula is C14H16N2O2. The summed E-state index contributed by atoms with van der Waals surface area (Å²) in [6.07, 6.45) is 7.08. The van der Waals surface area contributed by atoms with Crippen LogP contribution in [0.3, 0.4) is 0 Å². The molecule has 0 radical (unpaired) electrons. The first-order chi connectivity index (χ1) is 8.75. The van der Waals surface area contributed by atoms with Crippen molar-refractivity contribution in [2.24, 2.45) is 5.92 Å². The van der Waals surface area contributed by atoms with E-state index >= 15 is 0 Å². The summed E-state index contributed by atoms with van der Waals surface area (Å²) in [5.74, 6) is 0.681. The maximum Gasteiger partial charge on any atom is 0.293 e. The molecule has 18 heavy (non-hydrogen) atoms. The largest absolute Gasteiger partial charge is 0.342 e. The van der Waals surface area contributed by atoms with E-state index in [1.165, 1.54) is 25.7 Å². The second kappa shape index (κ2) is 4.44. The van der Waals surface area contributed by atoms with E-state index in [1.54, 1.807) is 12.1 Å². The Balaban J connectivity index is 2.03. The number of hydrogen-bond donors (Lipinski definition) is 0. The molecule has 1 saturated carbocycles. The number of fused-ring (bicyclic) bond motifs is 1. The Labute approximate surface area is 105 Å². The topological polar surface area (TPSA) is 48.1 Å². The third-order valence-corrected chi connectivity index (χ3v) is 3.89. The summed E-state index contributed by atoms with van der Waals surface area (Å²) in [4.78, 5) is 10.8. The Kier molecular flexibility index (Phi) is 2.78. The van der Waals surface area contributed by atoms with Crippen molar-refractivity contribution in [2.75, 3.05) is 0 Å². The molecule has 1 aliphatic rings. The van der Waals surface area contributed by atoms with Gasteiger partial charge in [-0.1, -0.05) is 25.0 Å². The molecule has 1 fully saturated rings. The monoisotopic (exact) mass is 244 g/mol. The van der Waals surface area contributed by atoms with Crippen LogP contribution in [0.2, 0.25) is 0 Å². The van der Waals surface area contributed by atoms with Gasteiger partial charge in [0.2, 0.25) is 0 Å². The summed E-state index contributed by atoms with van der Waals surface area (Å²) in [5.41, 5.74) is 0.991. The quantitative estimate of drug-likeness (QED) is 0.610. The number of rotatable bonds is 3. The molecule has 0 spiro atoms. The van der Waals surface area contributed by atoms with Gasteiger partial charge in [0.05, 0.1) is 4.92 Å². The van der Waals surface area contributed by atoms with Gasteiger partial charge in [0, 0.05) is 24.2 Å². The first kappa shape index (κ1) is 11.3. The molecule has 3 rings (SSSR count). The van der Waals surface area contributed by atoms with Crippen molar-refractivity contribution in [1.82, 2.24) is 4.57 Å². The number of nitro benzene ring substituents is 1. The molecule has 0 bridgehead atoms. The van der Waals surface area contributed by atoms with Crippen molar-refractivity contribution in [3.05, 3.63) is 40.6 Å². The molecule has 1 aliphatic carbocycles. The van der Waals surface area contributed by atoms with Gasteiger partial charge in [0.15, 0.2) is 0 Å². The second-order valence-corrected chi connectivity index (χ2v) is 5.09. The Morgan fingerprint density at radius 2 is 2.06 bits per heavy atom. The van der Waals surface area contributed by atoms with Gasteiger partial charge in [0.1, 0.15) is 5.52 Å². The molecule has 0 saturated heterocycles. The lowest BCUT2D eigenvalue weighted by Crippen LogP contribution is -2.07. The highest BCUT2D eigenvalue weighted by molar-refractivity contribution is 5.88. The molecule has 0 unspecified atom stereocenters.